The quantitative estimate of drug-likeness (QED) is 0.594. The van der Waals surface area contributed by atoms with Crippen molar-refractivity contribution < 1.29 is 4.42 Å². The van der Waals surface area contributed by atoms with Crippen LogP contribution in [-0.4, -0.2) is 4.98 Å². The summed E-state index contributed by atoms with van der Waals surface area (Å²) in [6.07, 6.45) is 5.33. The fourth-order valence-electron chi connectivity index (χ4n) is 1.65. The molecule has 0 unspecified atom stereocenters. The molecule has 2 heterocycles. The molecule has 15 heavy (non-hydrogen) atoms. The van der Waals surface area contributed by atoms with Crippen LogP contribution in [0.25, 0.3) is 22.1 Å². The lowest BCUT2D eigenvalue weighted by molar-refractivity contribution is 0.617. The molecule has 71 valence electrons. The van der Waals surface area contributed by atoms with Crippen molar-refractivity contribution in [2.24, 2.45) is 0 Å². The SMILES string of the molecule is [c]1cccc2occ(-c3cccnc3)c12. The van der Waals surface area contributed by atoms with Crippen molar-refractivity contribution >= 4 is 11.0 Å². The van der Waals surface area contributed by atoms with E-state index in [4.69, 9.17) is 4.42 Å². The zero-order valence-corrected chi connectivity index (χ0v) is 7.97. The van der Waals surface area contributed by atoms with Crippen LogP contribution in [0.15, 0.2) is 53.4 Å². The highest BCUT2D eigenvalue weighted by atomic mass is 16.3. The first-order chi connectivity index (χ1) is 7.45. The minimum atomic E-state index is 0.858. The standard InChI is InChI=1S/C13H8NO/c1-2-6-13-11(5-1)12(9-15-13)10-4-3-7-14-8-10/h1-4,6-9H. The molecule has 1 radical (unpaired) electrons. The van der Waals surface area contributed by atoms with Gasteiger partial charge < -0.3 is 4.42 Å². The van der Waals surface area contributed by atoms with Crippen molar-refractivity contribution in [1.82, 2.24) is 4.98 Å². The van der Waals surface area contributed by atoms with E-state index in [0.717, 1.165) is 22.1 Å². The van der Waals surface area contributed by atoms with Gasteiger partial charge in [-0.05, 0) is 18.2 Å². The molecule has 0 spiro atoms. The number of fused-ring (bicyclic) bond motifs is 1. The Morgan fingerprint density at radius 2 is 2.20 bits per heavy atom. The van der Waals surface area contributed by atoms with Crippen LogP contribution in [0.3, 0.4) is 0 Å². The van der Waals surface area contributed by atoms with Crippen LogP contribution >= 0.6 is 0 Å². The number of pyridine rings is 1. The van der Waals surface area contributed by atoms with Crippen LogP contribution in [0.2, 0.25) is 0 Å². The molecule has 3 aromatic rings. The van der Waals surface area contributed by atoms with Crippen LogP contribution in [0.1, 0.15) is 0 Å². The Kier molecular flexibility index (Phi) is 1.78. The first kappa shape index (κ1) is 8.24. The summed E-state index contributed by atoms with van der Waals surface area (Å²) in [5.41, 5.74) is 2.95. The minimum Gasteiger partial charge on any atom is -0.464 e. The van der Waals surface area contributed by atoms with Gasteiger partial charge in [0.15, 0.2) is 0 Å². The van der Waals surface area contributed by atoms with Gasteiger partial charge in [0.25, 0.3) is 0 Å². The summed E-state index contributed by atoms with van der Waals surface area (Å²) >= 11 is 0. The second kappa shape index (κ2) is 3.24. The number of nitrogens with zero attached hydrogens (tertiary/aromatic N) is 1. The monoisotopic (exact) mass is 194 g/mol. The number of hydrogen-bond donors (Lipinski definition) is 0. The predicted octanol–water partition coefficient (Wildman–Crippen LogP) is 3.29. The summed E-state index contributed by atoms with van der Waals surface area (Å²) in [5, 5.41) is 1.01. The number of aromatic nitrogens is 1. The molecule has 0 saturated heterocycles. The Morgan fingerprint density at radius 1 is 1.20 bits per heavy atom. The Labute approximate surface area is 87.2 Å². The van der Waals surface area contributed by atoms with Gasteiger partial charge in [-0.2, -0.15) is 0 Å². The third-order valence-corrected chi connectivity index (χ3v) is 2.36. The minimum absolute atomic E-state index is 0.858. The van der Waals surface area contributed by atoms with E-state index in [1.165, 1.54) is 0 Å². The summed E-state index contributed by atoms with van der Waals surface area (Å²) < 4.78 is 5.44. The van der Waals surface area contributed by atoms with Crippen molar-refractivity contribution in [2.75, 3.05) is 0 Å². The van der Waals surface area contributed by atoms with Gasteiger partial charge in [0, 0.05) is 28.9 Å². The summed E-state index contributed by atoms with van der Waals surface area (Å²) in [6, 6.07) is 12.8. The summed E-state index contributed by atoms with van der Waals surface area (Å²) in [6.45, 7) is 0. The number of benzene rings is 1. The van der Waals surface area contributed by atoms with Crippen molar-refractivity contribution in [2.45, 2.75) is 0 Å². The van der Waals surface area contributed by atoms with E-state index in [1.54, 1.807) is 12.5 Å². The number of rotatable bonds is 1. The lowest BCUT2D eigenvalue weighted by Crippen LogP contribution is -1.76. The van der Waals surface area contributed by atoms with Crippen molar-refractivity contribution in [3.8, 4) is 11.1 Å². The fraction of sp³-hybridized carbons (Fsp3) is 0. The molecule has 0 aliphatic rings. The Hall–Kier alpha value is -2.09. The molecular formula is C13H8NO. The predicted molar refractivity (Wildman–Crippen MR) is 58.3 cm³/mol. The van der Waals surface area contributed by atoms with Crippen LogP contribution in [0, 0.1) is 6.07 Å². The van der Waals surface area contributed by atoms with E-state index < -0.39 is 0 Å². The Morgan fingerprint density at radius 3 is 3.07 bits per heavy atom. The van der Waals surface area contributed by atoms with Gasteiger partial charge in [0.1, 0.15) is 5.58 Å². The van der Waals surface area contributed by atoms with Gasteiger partial charge >= 0.3 is 0 Å². The first-order valence-corrected chi connectivity index (χ1v) is 4.73. The maximum Gasteiger partial charge on any atom is 0.135 e. The van der Waals surface area contributed by atoms with Gasteiger partial charge in [-0.3, -0.25) is 4.98 Å². The lowest BCUT2D eigenvalue weighted by atomic mass is 10.1. The first-order valence-electron chi connectivity index (χ1n) is 4.73. The normalized spacial score (nSPS) is 10.7. The molecule has 3 rings (SSSR count). The topological polar surface area (TPSA) is 26.0 Å². The third-order valence-electron chi connectivity index (χ3n) is 2.36. The lowest BCUT2D eigenvalue weighted by Gasteiger charge is -1.95. The van der Waals surface area contributed by atoms with E-state index >= 15 is 0 Å². The van der Waals surface area contributed by atoms with Gasteiger partial charge in [-0.1, -0.05) is 18.2 Å². The van der Waals surface area contributed by atoms with E-state index in [1.807, 2.05) is 36.5 Å². The average Bonchev–Trinajstić information content (AvgIpc) is 2.74. The van der Waals surface area contributed by atoms with Crippen molar-refractivity contribution in [1.29, 1.82) is 0 Å². The van der Waals surface area contributed by atoms with Crippen LogP contribution in [0.5, 0.6) is 0 Å². The molecule has 0 bridgehead atoms. The number of furan rings is 1. The summed E-state index contributed by atoms with van der Waals surface area (Å²) in [4.78, 5) is 4.09. The van der Waals surface area contributed by atoms with Gasteiger partial charge in [0.2, 0.25) is 0 Å². The molecule has 0 atom stereocenters. The molecule has 0 saturated carbocycles. The summed E-state index contributed by atoms with van der Waals surface area (Å²) in [7, 11) is 0. The van der Waals surface area contributed by atoms with Crippen LogP contribution in [-0.2, 0) is 0 Å². The molecule has 0 N–H and O–H groups in total. The largest absolute Gasteiger partial charge is 0.464 e. The average molecular weight is 194 g/mol. The maximum atomic E-state index is 5.44. The van der Waals surface area contributed by atoms with E-state index in [9.17, 15) is 0 Å². The highest BCUT2D eigenvalue weighted by Gasteiger charge is 2.06. The third kappa shape index (κ3) is 1.31. The number of hydrogen-bond acceptors (Lipinski definition) is 2. The molecule has 0 aliphatic carbocycles. The highest BCUT2D eigenvalue weighted by Crippen LogP contribution is 2.29. The van der Waals surface area contributed by atoms with Crippen LogP contribution < -0.4 is 0 Å². The van der Waals surface area contributed by atoms with E-state index in [-0.39, 0.29) is 0 Å². The van der Waals surface area contributed by atoms with Crippen molar-refractivity contribution in [3.63, 3.8) is 0 Å². The second-order valence-corrected chi connectivity index (χ2v) is 3.30. The molecule has 2 nitrogen and oxygen atoms in total. The zero-order chi connectivity index (χ0) is 10.1. The van der Waals surface area contributed by atoms with Crippen LogP contribution in [0.4, 0.5) is 0 Å². The Bertz CT molecular complexity index is 584. The van der Waals surface area contributed by atoms with E-state index in [2.05, 4.69) is 11.1 Å². The van der Waals surface area contributed by atoms with E-state index in [0.29, 0.717) is 0 Å². The van der Waals surface area contributed by atoms with Gasteiger partial charge in [0.05, 0.1) is 6.26 Å². The Balaban J connectivity index is 2.28. The van der Waals surface area contributed by atoms with Gasteiger partial charge in [-0.15, -0.1) is 0 Å². The fourth-order valence-corrected chi connectivity index (χ4v) is 1.65. The summed E-state index contributed by atoms with van der Waals surface area (Å²) in [5.74, 6) is 0. The van der Waals surface area contributed by atoms with Crippen molar-refractivity contribution in [3.05, 3.63) is 55.1 Å². The molecular weight excluding hydrogens is 186 g/mol. The second-order valence-electron chi connectivity index (χ2n) is 3.30. The molecule has 0 fully saturated rings. The molecule has 1 aromatic carbocycles. The molecule has 0 amide bonds. The molecule has 2 aromatic heterocycles. The smallest absolute Gasteiger partial charge is 0.135 e. The zero-order valence-electron chi connectivity index (χ0n) is 7.97. The molecule has 2 heteroatoms. The maximum absolute atomic E-state index is 5.44. The molecule has 0 aliphatic heterocycles. The highest BCUT2D eigenvalue weighted by molar-refractivity contribution is 5.93. The van der Waals surface area contributed by atoms with Gasteiger partial charge in [-0.25, -0.2) is 0 Å².